The lowest BCUT2D eigenvalue weighted by Gasteiger charge is -2.20. The molecular formula is C17H22FNO4. The lowest BCUT2D eigenvalue weighted by atomic mass is 9.90. The predicted octanol–water partition coefficient (Wildman–Crippen LogP) is 4.14. The number of anilines is 1. The van der Waals surface area contributed by atoms with Crippen molar-refractivity contribution in [3.8, 4) is 0 Å². The molecule has 0 bridgehead atoms. The van der Waals surface area contributed by atoms with E-state index in [1.807, 2.05) is 0 Å². The van der Waals surface area contributed by atoms with E-state index in [1.54, 1.807) is 26.8 Å². The fraction of sp³-hybridized carbons (Fsp3) is 0.529. The van der Waals surface area contributed by atoms with Crippen molar-refractivity contribution < 1.29 is 23.8 Å². The Labute approximate surface area is 134 Å². The molecule has 5 nitrogen and oxygen atoms in total. The van der Waals surface area contributed by atoms with Crippen LogP contribution in [0.2, 0.25) is 0 Å². The summed E-state index contributed by atoms with van der Waals surface area (Å²) in [6, 6.07) is 4.34. The van der Waals surface area contributed by atoms with E-state index in [-0.39, 0.29) is 18.0 Å². The van der Waals surface area contributed by atoms with E-state index in [0.717, 1.165) is 18.4 Å². The molecule has 1 aliphatic rings. The van der Waals surface area contributed by atoms with Crippen LogP contribution >= 0.6 is 0 Å². The highest BCUT2D eigenvalue weighted by molar-refractivity contribution is 5.85. The van der Waals surface area contributed by atoms with Gasteiger partial charge < -0.3 is 9.84 Å². The number of benzene rings is 1. The zero-order valence-corrected chi connectivity index (χ0v) is 13.6. The lowest BCUT2D eigenvalue weighted by Crippen LogP contribution is -2.27. The SMILES string of the molecule is CC(C)(C)OC(=O)Nc1cc(C(CC(=O)O)C2CC2)ccc1F. The van der Waals surface area contributed by atoms with E-state index < -0.39 is 23.5 Å². The molecule has 1 aromatic rings. The fourth-order valence-electron chi connectivity index (χ4n) is 2.53. The first-order valence-corrected chi connectivity index (χ1v) is 7.67. The second-order valence-corrected chi connectivity index (χ2v) is 6.91. The molecule has 0 spiro atoms. The third-order valence-electron chi connectivity index (χ3n) is 3.64. The average molecular weight is 323 g/mol. The summed E-state index contributed by atoms with van der Waals surface area (Å²) in [5, 5.41) is 11.4. The molecule has 0 saturated heterocycles. The number of ether oxygens (including phenoxy) is 1. The monoisotopic (exact) mass is 323 g/mol. The number of amides is 1. The van der Waals surface area contributed by atoms with Crippen molar-refractivity contribution >= 4 is 17.7 Å². The van der Waals surface area contributed by atoms with Gasteiger partial charge in [0, 0.05) is 0 Å². The van der Waals surface area contributed by atoms with Gasteiger partial charge in [-0.25, -0.2) is 9.18 Å². The van der Waals surface area contributed by atoms with Gasteiger partial charge in [0.05, 0.1) is 12.1 Å². The number of halogens is 1. The molecule has 2 rings (SSSR count). The van der Waals surface area contributed by atoms with E-state index in [0.29, 0.717) is 5.92 Å². The third kappa shape index (κ3) is 5.23. The van der Waals surface area contributed by atoms with Gasteiger partial charge in [-0.1, -0.05) is 6.07 Å². The van der Waals surface area contributed by atoms with Crippen molar-refractivity contribution in [3.05, 3.63) is 29.6 Å². The van der Waals surface area contributed by atoms with Crippen LogP contribution in [0.5, 0.6) is 0 Å². The molecule has 1 saturated carbocycles. The summed E-state index contributed by atoms with van der Waals surface area (Å²) in [5.74, 6) is -1.31. The Hall–Kier alpha value is -2.11. The summed E-state index contributed by atoms with van der Waals surface area (Å²) < 4.78 is 19.0. The number of aliphatic carboxylic acids is 1. The molecule has 1 unspecified atom stereocenters. The maximum absolute atomic E-state index is 13.9. The Balaban J connectivity index is 2.17. The van der Waals surface area contributed by atoms with Gasteiger partial charge in [-0.05, 0) is 63.1 Å². The molecule has 1 aromatic carbocycles. The van der Waals surface area contributed by atoms with Crippen molar-refractivity contribution in [1.29, 1.82) is 0 Å². The van der Waals surface area contributed by atoms with Gasteiger partial charge >= 0.3 is 12.1 Å². The summed E-state index contributed by atoms with van der Waals surface area (Å²) in [4.78, 5) is 22.8. The Bertz CT molecular complexity index is 605. The van der Waals surface area contributed by atoms with Gasteiger partial charge in [0.2, 0.25) is 0 Å². The maximum atomic E-state index is 13.9. The number of carboxylic acids is 1. The highest BCUT2D eigenvalue weighted by atomic mass is 19.1. The van der Waals surface area contributed by atoms with Gasteiger partial charge in [-0.2, -0.15) is 0 Å². The largest absolute Gasteiger partial charge is 0.481 e. The molecule has 6 heteroatoms. The van der Waals surface area contributed by atoms with Gasteiger partial charge in [-0.3, -0.25) is 10.1 Å². The lowest BCUT2D eigenvalue weighted by molar-refractivity contribution is -0.137. The normalized spacial score (nSPS) is 15.8. The Morgan fingerprint density at radius 2 is 2.04 bits per heavy atom. The third-order valence-corrected chi connectivity index (χ3v) is 3.64. The van der Waals surface area contributed by atoms with E-state index in [2.05, 4.69) is 5.32 Å². The molecule has 126 valence electrons. The van der Waals surface area contributed by atoms with E-state index in [9.17, 15) is 14.0 Å². The van der Waals surface area contributed by atoms with Crippen LogP contribution < -0.4 is 5.32 Å². The molecule has 1 fully saturated rings. The number of rotatable bonds is 5. The molecule has 1 amide bonds. The van der Waals surface area contributed by atoms with Crippen LogP contribution in [0.3, 0.4) is 0 Å². The molecule has 0 heterocycles. The Kier molecular flexibility index (Phi) is 4.92. The minimum atomic E-state index is -0.882. The number of carbonyl (C=O) groups is 2. The van der Waals surface area contributed by atoms with Crippen molar-refractivity contribution in [1.82, 2.24) is 0 Å². The van der Waals surface area contributed by atoms with Crippen LogP contribution in [-0.4, -0.2) is 22.8 Å². The Morgan fingerprint density at radius 3 is 2.57 bits per heavy atom. The van der Waals surface area contributed by atoms with Crippen molar-refractivity contribution in [2.75, 3.05) is 5.32 Å². The zero-order chi connectivity index (χ0) is 17.2. The number of nitrogens with one attached hydrogen (secondary N) is 1. The predicted molar refractivity (Wildman–Crippen MR) is 84.0 cm³/mol. The maximum Gasteiger partial charge on any atom is 0.412 e. The summed E-state index contributed by atoms with van der Waals surface area (Å²) >= 11 is 0. The first kappa shape index (κ1) is 17.2. The molecular weight excluding hydrogens is 301 g/mol. The Morgan fingerprint density at radius 1 is 1.39 bits per heavy atom. The number of carboxylic acid groups (broad SMARTS) is 1. The van der Waals surface area contributed by atoms with E-state index >= 15 is 0 Å². The van der Waals surface area contributed by atoms with Crippen LogP contribution in [0.15, 0.2) is 18.2 Å². The highest BCUT2D eigenvalue weighted by Gasteiger charge is 2.34. The standard InChI is InChI=1S/C17H22FNO4/c1-17(2,3)23-16(22)19-14-8-11(6-7-13(14)18)12(9-15(20)21)10-4-5-10/h6-8,10,12H,4-5,9H2,1-3H3,(H,19,22)(H,20,21). The molecule has 0 radical (unpaired) electrons. The fourth-order valence-corrected chi connectivity index (χ4v) is 2.53. The summed E-state index contributed by atoms with van der Waals surface area (Å²) in [5.41, 5.74) is 0.0491. The second-order valence-electron chi connectivity index (χ2n) is 6.91. The molecule has 0 aliphatic heterocycles. The van der Waals surface area contributed by atoms with Gasteiger partial charge in [0.15, 0.2) is 0 Å². The minimum Gasteiger partial charge on any atom is -0.481 e. The summed E-state index contributed by atoms with van der Waals surface area (Å²) in [7, 11) is 0. The second kappa shape index (κ2) is 6.56. The smallest absolute Gasteiger partial charge is 0.412 e. The van der Waals surface area contributed by atoms with Crippen LogP contribution in [0, 0.1) is 11.7 Å². The zero-order valence-electron chi connectivity index (χ0n) is 13.6. The highest BCUT2D eigenvalue weighted by Crippen LogP contribution is 2.45. The van der Waals surface area contributed by atoms with Crippen LogP contribution in [-0.2, 0) is 9.53 Å². The topological polar surface area (TPSA) is 75.6 Å². The average Bonchev–Trinajstić information content (AvgIpc) is 3.20. The van der Waals surface area contributed by atoms with Crippen molar-refractivity contribution in [3.63, 3.8) is 0 Å². The van der Waals surface area contributed by atoms with Crippen LogP contribution in [0.1, 0.15) is 51.5 Å². The molecule has 0 aromatic heterocycles. The quantitative estimate of drug-likeness (QED) is 0.854. The van der Waals surface area contributed by atoms with E-state index in [4.69, 9.17) is 9.84 Å². The first-order valence-electron chi connectivity index (χ1n) is 7.67. The molecule has 1 aliphatic carbocycles. The van der Waals surface area contributed by atoms with Gasteiger partial charge in [-0.15, -0.1) is 0 Å². The van der Waals surface area contributed by atoms with Gasteiger partial charge in [0.1, 0.15) is 11.4 Å². The minimum absolute atomic E-state index is 0.00216. The molecule has 1 atom stereocenters. The van der Waals surface area contributed by atoms with Crippen molar-refractivity contribution in [2.24, 2.45) is 5.92 Å². The van der Waals surface area contributed by atoms with Crippen LogP contribution in [0.4, 0.5) is 14.9 Å². The number of hydrogen-bond acceptors (Lipinski definition) is 3. The number of carbonyl (C=O) groups excluding carboxylic acids is 1. The van der Waals surface area contributed by atoms with Crippen molar-refractivity contribution in [2.45, 2.75) is 51.6 Å². The van der Waals surface area contributed by atoms with Gasteiger partial charge in [0.25, 0.3) is 0 Å². The first-order chi connectivity index (χ1) is 10.7. The van der Waals surface area contributed by atoms with E-state index in [1.165, 1.54) is 12.1 Å². The summed E-state index contributed by atoms with van der Waals surface area (Å²) in [6.07, 6.45) is 1.21. The summed E-state index contributed by atoms with van der Waals surface area (Å²) in [6.45, 7) is 5.15. The molecule has 23 heavy (non-hydrogen) atoms. The number of hydrogen-bond donors (Lipinski definition) is 2. The van der Waals surface area contributed by atoms with Crippen LogP contribution in [0.25, 0.3) is 0 Å². The molecule has 2 N–H and O–H groups in total.